The Labute approximate surface area is 110 Å². The zero-order valence-electron chi connectivity index (χ0n) is 9.95. The maximum Gasteiger partial charge on any atom is 0.161 e. The predicted octanol–water partition coefficient (Wildman–Crippen LogP) is 4.12. The normalized spacial score (nSPS) is 14.8. The van der Waals surface area contributed by atoms with Crippen molar-refractivity contribution in [2.45, 2.75) is 25.7 Å². The highest BCUT2D eigenvalue weighted by atomic mass is 35.5. The van der Waals surface area contributed by atoms with Crippen LogP contribution in [-0.4, -0.2) is 9.97 Å². The molecule has 1 saturated carbocycles. The van der Waals surface area contributed by atoms with Gasteiger partial charge in [0, 0.05) is 17.2 Å². The quantitative estimate of drug-likeness (QED) is 0.761. The van der Waals surface area contributed by atoms with Crippen molar-refractivity contribution in [2.75, 3.05) is 0 Å². The second-order valence-corrected chi connectivity index (χ2v) is 5.06. The Balaban J connectivity index is 2.07. The van der Waals surface area contributed by atoms with Crippen molar-refractivity contribution in [1.82, 2.24) is 9.97 Å². The third-order valence-corrected chi connectivity index (χ3v) is 3.33. The Morgan fingerprint density at radius 3 is 2.67 bits per heavy atom. The first-order chi connectivity index (χ1) is 8.63. The van der Waals surface area contributed by atoms with Crippen LogP contribution < -0.4 is 0 Å². The minimum absolute atomic E-state index is 0.246. The zero-order valence-corrected chi connectivity index (χ0v) is 10.7. The molecule has 92 valence electrons. The van der Waals surface area contributed by atoms with Crippen LogP contribution in [-0.2, 0) is 0 Å². The molecule has 0 aliphatic heterocycles. The van der Waals surface area contributed by atoms with E-state index in [1.165, 1.54) is 6.07 Å². The molecule has 0 radical (unpaired) electrons. The highest BCUT2D eigenvalue weighted by Crippen LogP contribution is 2.40. The van der Waals surface area contributed by atoms with Crippen LogP contribution in [0.15, 0.2) is 24.3 Å². The van der Waals surface area contributed by atoms with E-state index >= 15 is 0 Å². The van der Waals surface area contributed by atoms with Gasteiger partial charge in [-0.25, -0.2) is 14.4 Å². The maximum absolute atomic E-state index is 13.5. The van der Waals surface area contributed by atoms with E-state index in [-0.39, 0.29) is 5.82 Å². The van der Waals surface area contributed by atoms with E-state index < -0.39 is 0 Å². The lowest BCUT2D eigenvalue weighted by molar-refractivity contribution is 0.619. The summed E-state index contributed by atoms with van der Waals surface area (Å²) >= 11 is 6.00. The standard InChI is InChI=1S/C14H12ClFN2/c1-8-2-3-10(6-11(8)16)14-17-12(9-4-5-9)7-13(15)18-14/h2-3,6-7,9H,4-5H2,1H3. The van der Waals surface area contributed by atoms with E-state index in [1.807, 2.05) is 6.07 Å². The van der Waals surface area contributed by atoms with Gasteiger partial charge >= 0.3 is 0 Å². The third kappa shape index (κ3) is 2.23. The van der Waals surface area contributed by atoms with Crippen LogP contribution >= 0.6 is 11.6 Å². The van der Waals surface area contributed by atoms with E-state index in [2.05, 4.69) is 9.97 Å². The number of halogens is 2. The second-order valence-electron chi connectivity index (χ2n) is 4.68. The molecule has 0 spiro atoms. The van der Waals surface area contributed by atoms with Gasteiger partial charge in [-0.2, -0.15) is 0 Å². The summed E-state index contributed by atoms with van der Waals surface area (Å²) in [5, 5.41) is 0.419. The molecule has 0 atom stereocenters. The second kappa shape index (κ2) is 4.32. The fourth-order valence-electron chi connectivity index (χ4n) is 1.88. The third-order valence-electron chi connectivity index (χ3n) is 3.14. The lowest BCUT2D eigenvalue weighted by Gasteiger charge is -2.05. The topological polar surface area (TPSA) is 25.8 Å². The average molecular weight is 263 g/mol. The van der Waals surface area contributed by atoms with Gasteiger partial charge in [0.15, 0.2) is 5.82 Å². The molecular formula is C14H12ClFN2. The highest BCUT2D eigenvalue weighted by molar-refractivity contribution is 6.29. The molecule has 1 fully saturated rings. The minimum atomic E-state index is -0.246. The Bertz CT molecular complexity index is 609. The molecule has 0 amide bonds. The predicted molar refractivity (Wildman–Crippen MR) is 69.1 cm³/mol. The molecule has 4 heteroatoms. The van der Waals surface area contributed by atoms with E-state index in [0.717, 1.165) is 18.5 Å². The van der Waals surface area contributed by atoms with Gasteiger partial charge in [0.25, 0.3) is 0 Å². The van der Waals surface area contributed by atoms with Crippen LogP contribution in [0.25, 0.3) is 11.4 Å². The van der Waals surface area contributed by atoms with Crippen LogP contribution in [0.5, 0.6) is 0 Å². The van der Waals surface area contributed by atoms with Gasteiger partial charge in [0.1, 0.15) is 11.0 Å². The van der Waals surface area contributed by atoms with Crippen molar-refractivity contribution >= 4 is 11.6 Å². The fourth-order valence-corrected chi connectivity index (χ4v) is 2.08. The van der Waals surface area contributed by atoms with Gasteiger partial charge in [0.2, 0.25) is 0 Å². The van der Waals surface area contributed by atoms with Crippen molar-refractivity contribution in [3.63, 3.8) is 0 Å². The van der Waals surface area contributed by atoms with Gasteiger partial charge in [-0.05, 0) is 37.5 Å². The minimum Gasteiger partial charge on any atom is -0.233 e. The summed E-state index contributed by atoms with van der Waals surface area (Å²) in [6, 6.07) is 6.80. The van der Waals surface area contributed by atoms with Gasteiger partial charge in [-0.15, -0.1) is 0 Å². The van der Waals surface area contributed by atoms with Crippen molar-refractivity contribution < 1.29 is 4.39 Å². The first-order valence-electron chi connectivity index (χ1n) is 5.94. The molecule has 18 heavy (non-hydrogen) atoms. The Morgan fingerprint density at radius 1 is 1.22 bits per heavy atom. The summed E-state index contributed by atoms with van der Waals surface area (Å²) < 4.78 is 13.5. The first kappa shape index (κ1) is 11.6. The van der Waals surface area contributed by atoms with E-state index in [1.54, 1.807) is 19.1 Å². The molecule has 0 unspecified atom stereocenters. The van der Waals surface area contributed by atoms with Crippen LogP contribution in [0.4, 0.5) is 4.39 Å². The van der Waals surface area contributed by atoms with Crippen LogP contribution in [0.1, 0.15) is 30.0 Å². The average Bonchev–Trinajstić information content (AvgIpc) is 3.16. The van der Waals surface area contributed by atoms with Crippen molar-refractivity contribution in [3.05, 3.63) is 46.5 Å². The SMILES string of the molecule is Cc1ccc(-c2nc(Cl)cc(C3CC3)n2)cc1F. The zero-order chi connectivity index (χ0) is 12.7. The van der Waals surface area contributed by atoms with Gasteiger partial charge in [0.05, 0.1) is 0 Å². The summed E-state index contributed by atoms with van der Waals surface area (Å²) in [6.45, 7) is 1.73. The summed E-state index contributed by atoms with van der Waals surface area (Å²) in [6.07, 6.45) is 2.30. The first-order valence-corrected chi connectivity index (χ1v) is 6.32. The number of rotatable bonds is 2. The fraction of sp³-hybridized carbons (Fsp3) is 0.286. The lowest BCUT2D eigenvalue weighted by atomic mass is 10.1. The molecular weight excluding hydrogens is 251 g/mol. The number of nitrogens with zero attached hydrogens (tertiary/aromatic N) is 2. The largest absolute Gasteiger partial charge is 0.233 e. The molecule has 3 rings (SSSR count). The van der Waals surface area contributed by atoms with E-state index in [4.69, 9.17) is 11.6 Å². The number of hydrogen-bond acceptors (Lipinski definition) is 2. The monoisotopic (exact) mass is 262 g/mol. The molecule has 0 saturated heterocycles. The van der Waals surface area contributed by atoms with Crippen LogP contribution in [0.3, 0.4) is 0 Å². The van der Waals surface area contributed by atoms with Crippen molar-refractivity contribution in [3.8, 4) is 11.4 Å². The molecule has 2 aromatic rings. The Morgan fingerprint density at radius 2 is 2.00 bits per heavy atom. The number of hydrogen-bond donors (Lipinski definition) is 0. The number of benzene rings is 1. The van der Waals surface area contributed by atoms with E-state index in [9.17, 15) is 4.39 Å². The maximum atomic E-state index is 13.5. The highest BCUT2D eigenvalue weighted by Gasteiger charge is 2.26. The summed E-state index contributed by atoms with van der Waals surface area (Å²) in [5.74, 6) is 0.756. The van der Waals surface area contributed by atoms with Crippen molar-refractivity contribution in [1.29, 1.82) is 0 Å². The molecule has 1 aliphatic carbocycles. The van der Waals surface area contributed by atoms with Crippen LogP contribution in [0.2, 0.25) is 5.15 Å². The molecule has 0 N–H and O–H groups in total. The molecule has 0 bridgehead atoms. The summed E-state index contributed by atoms with van der Waals surface area (Å²) in [4.78, 5) is 8.65. The Kier molecular flexibility index (Phi) is 2.78. The molecule has 1 aromatic carbocycles. The summed E-state index contributed by atoms with van der Waals surface area (Å²) in [7, 11) is 0. The molecule has 1 aromatic heterocycles. The van der Waals surface area contributed by atoms with Gasteiger partial charge < -0.3 is 0 Å². The van der Waals surface area contributed by atoms with Gasteiger partial charge in [-0.1, -0.05) is 23.7 Å². The molecule has 1 heterocycles. The Hall–Kier alpha value is -1.48. The van der Waals surface area contributed by atoms with Gasteiger partial charge in [-0.3, -0.25) is 0 Å². The summed E-state index contributed by atoms with van der Waals surface area (Å²) in [5.41, 5.74) is 2.25. The number of aromatic nitrogens is 2. The number of aryl methyl sites for hydroxylation is 1. The molecule has 1 aliphatic rings. The molecule has 2 nitrogen and oxygen atoms in total. The lowest BCUT2D eigenvalue weighted by Crippen LogP contribution is -1.95. The van der Waals surface area contributed by atoms with Crippen LogP contribution in [0, 0.1) is 12.7 Å². The van der Waals surface area contributed by atoms with E-state index in [0.29, 0.717) is 28.0 Å². The van der Waals surface area contributed by atoms with Crippen molar-refractivity contribution in [2.24, 2.45) is 0 Å². The smallest absolute Gasteiger partial charge is 0.161 e.